The Kier molecular flexibility index (Phi) is 2.19. The summed E-state index contributed by atoms with van der Waals surface area (Å²) in [5.41, 5.74) is 0. The number of rotatable bonds is 1. The molecule has 1 heterocycles. The van der Waals surface area contributed by atoms with Crippen LogP contribution in [-0.2, 0) is 9.24 Å². The second-order valence-electron chi connectivity index (χ2n) is 2.24. The van der Waals surface area contributed by atoms with Crippen molar-refractivity contribution in [1.29, 1.82) is 0 Å². The first kappa shape index (κ1) is 8.26. The molecule has 1 aliphatic heterocycles. The topological polar surface area (TPSA) is 57.6 Å². The van der Waals surface area contributed by atoms with Gasteiger partial charge in [0.15, 0.2) is 0 Å². The lowest BCUT2D eigenvalue weighted by atomic mass is 10.3. The Balaban J connectivity index is 2.62. The van der Waals surface area contributed by atoms with E-state index in [0.29, 0.717) is 13.0 Å². The molecule has 1 aliphatic rings. The normalized spacial score (nSPS) is 29.2. The zero-order chi connectivity index (χ0) is 7.78. The summed E-state index contributed by atoms with van der Waals surface area (Å²) < 4.78 is 22.2. The zero-order valence-corrected chi connectivity index (χ0v) is 6.77. The molecule has 0 radical (unpaired) electrons. The van der Waals surface area contributed by atoms with Crippen molar-refractivity contribution in [3.8, 4) is 0 Å². The van der Waals surface area contributed by atoms with E-state index in [1.807, 2.05) is 0 Å². The highest BCUT2D eigenvalue weighted by molar-refractivity contribution is 8.11. The molecule has 1 fully saturated rings. The van der Waals surface area contributed by atoms with Crippen LogP contribution in [0.5, 0.6) is 0 Å². The summed E-state index contributed by atoms with van der Waals surface area (Å²) in [5.74, 6) is 0. The van der Waals surface area contributed by atoms with Gasteiger partial charge in [-0.25, -0.2) is 0 Å². The Morgan fingerprint density at radius 1 is 1.60 bits per heavy atom. The maximum absolute atomic E-state index is 10.6. The third-order valence-electron chi connectivity index (χ3n) is 1.43. The average molecular weight is 186 g/mol. The Morgan fingerprint density at radius 2 is 2.20 bits per heavy atom. The molecule has 0 unspecified atom stereocenters. The number of aliphatic hydroxyl groups excluding tert-OH is 1. The Morgan fingerprint density at radius 3 is 2.40 bits per heavy atom. The van der Waals surface area contributed by atoms with Crippen molar-refractivity contribution in [2.24, 2.45) is 0 Å². The molecule has 0 aromatic rings. The van der Waals surface area contributed by atoms with Crippen LogP contribution in [0.15, 0.2) is 0 Å². The van der Waals surface area contributed by atoms with Gasteiger partial charge < -0.3 is 5.11 Å². The largest absolute Gasteiger partial charge is 0.392 e. The number of nitrogens with zero attached hydrogens (tertiary/aromatic N) is 1. The van der Waals surface area contributed by atoms with Gasteiger partial charge in [-0.3, -0.25) is 0 Å². The van der Waals surface area contributed by atoms with Crippen molar-refractivity contribution in [3.05, 3.63) is 0 Å². The predicted molar refractivity (Wildman–Crippen MR) is 37.0 cm³/mol. The first-order valence-corrected chi connectivity index (χ1v) is 5.14. The highest BCUT2D eigenvalue weighted by atomic mass is 35.7. The van der Waals surface area contributed by atoms with Crippen LogP contribution in [0.1, 0.15) is 6.42 Å². The van der Waals surface area contributed by atoms with E-state index in [2.05, 4.69) is 0 Å². The quantitative estimate of drug-likeness (QED) is 0.563. The van der Waals surface area contributed by atoms with E-state index in [1.54, 1.807) is 0 Å². The lowest BCUT2D eigenvalue weighted by molar-refractivity contribution is 0.189. The second kappa shape index (κ2) is 2.65. The van der Waals surface area contributed by atoms with Crippen LogP contribution in [-0.4, -0.2) is 37.0 Å². The van der Waals surface area contributed by atoms with Crippen molar-refractivity contribution in [2.75, 3.05) is 13.1 Å². The van der Waals surface area contributed by atoms with Gasteiger partial charge >= 0.3 is 0 Å². The third kappa shape index (κ3) is 1.82. The Bertz CT molecular complexity index is 215. The van der Waals surface area contributed by atoms with Gasteiger partial charge in [0.25, 0.3) is 9.24 Å². The fourth-order valence-corrected chi connectivity index (χ4v) is 1.96. The van der Waals surface area contributed by atoms with Crippen molar-refractivity contribution in [2.45, 2.75) is 12.5 Å². The fourth-order valence-electron chi connectivity index (χ4n) is 0.909. The van der Waals surface area contributed by atoms with Crippen molar-refractivity contribution in [3.63, 3.8) is 0 Å². The van der Waals surface area contributed by atoms with E-state index in [4.69, 9.17) is 15.8 Å². The number of hydrogen-bond acceptors (Lipinski definition) is 3. The third-order valence-corrected chi connectivity index (χ3v) is 2.97. The lowest BCUT2D eigenvalue weighted by Gasteiger charge is -2.07. The van der Waals surface area contributed by atoms with Crippen molar-refractivity contribution in [1.82, 2.24) is 4.31 Å². The minimum absolute atomic E-state index is 0.131. The highest BCUT2D eigenvalue weighted by Gasteiger charge is 2.28. The average Bonchev–Trinajstić information content (AvgIpc) is 2.11. The maximum Gasteiger partial charge on any atom is 0.299 e. The maximum atomic E-state index is 10.6. The summed E-state index contributed by atoms with van der Waals surface area (Å²) >= 11 is 0. The Labute approximate surface area is 64.0 Å². The smallest absolute Gasteiger partial charge is 0.299 e. The molecule has 1 rings (SSSR count). The molecule has 60 valence electrons. The van der Waals surface area contributed by atoms with Crippen LogP contribution in [0.25, 0.3) is 0 Å². The molecule has 1 N–H and O–H groups in total. The van der Waals surface area contributed by atoms with Crippen LogP contribution in [0, 0.1) is 0 Å². The molecule has 10 heavy (non-hydrogen) atoms. The minimum atomic E-state index is -3.59. The van der Waals surface area contributed by atoms with E-state index < -0.39 is 15.3 Å². The second-order valence-corrected chi connectivity index (χ2v) is 4.75. The number of β-amino-alcohol motifs (C(OH)–C–C–N with tert-alkyl or cyclic N) is 1. The van der Waals surface area contributed by atoms with Gasteiger partial charge in [-0.2, -0.15) is 12.7 Å². The molecule has 0 amide bonds. The van der Waals surface area contributed by atoms with Gasteiger partial charge in [0.05, 0.1) is 6.10 Å². The molecule has 0 aliphatic carbocycles. The summed E-state index contributed by atoms with van der Waals surface area (Å²) in [6.45, 7) is 0.457. The number of hydrogen-bond donors (Lipinski definition) is 1. The predicted octanol–water partition coefficient (Wildman–Crippen LogP) is -0.463. The molecular weight excluding hydrogens is 178 g/mol. The van der Waals surface area contributed by atoms with Crippen LogP contribution in [0.3, 0.4) is 0 Å². The molecule has 6 heteroatoms. The van der Waals surface area contributed by atoms with Gasteiger partial charge in [0.2, 0.25) is 0 Å². The molecular formula is C4H8ClNO3S. The Hall–Kier alpha value is 0.160. The number of aliphatic hydroxyl groups is 1. The molecule has 1 atom stereocenters. The zero-order valence-electron chi connectivity index (χ0n) is 5.20. The van der Waals surface area contributed by atoms with E-state index >= 15 is 0 Å². The molecule has 1 saturated heterocycles. The summed E-state index contributed by atoms with van der Waals surface area (Å²) in [6, 6.07) is 0. The van der Waals surface area contributed by atoms with Crippen molar-refractivity contribution < 1.29 is 13.5 Å². The minimum Gasteiger partial charge on any atom is -0.392 e. The van der Waals surface area contributed by atoms with Crippen LogP contribution in [0.2, 0.25) is 0 Å². The molecule has 0 saturated carbocycles. The van der Waals surface area contributed by atoms with E-state index in [0.717, 1.165) is 4.31 Å². The van der Waals surface area contributed by atoms with Crippen molar-refractivity contribution >= 4 is 19.9 Å². The monoisotopic (exact) mass is 185 g/mol. The fraction of sp³-hybridized carbons (Fsp3) is 1.00. The standard InChI is InChI=1S/C4H8ClNO3S/c5-10(8,9)6-2-1-4(7)3-6/h4,7H,1-3H2/t4-/m1/s1. The van der Waals surface area contributed by atoms with E-state index in [9.17, 15) is 8.42 Å². The first-order valence-electron chi connectivity index (χ1n) is 2.88. The van der Waals surface area contributed by atoms with Gasteiger partial charge in [-0.1, -0.05) is 0 Å². The SMILES string of the molecule is O=S(=O)(Cl)N1CC[C@@H](O)C1. The van der Waals surface area contributed by atoms with Gasteiger partial charge in [-0.05, 0) is 6.42 Å². The van der Waals surface area contributed by atoms with Gasteiger partial charge in [0.1, 0.15) is 0 Å². The van der Waals surface area contributed by atoms with Gasteiger partial charge in [0, 0.05) is 23.8 Å². The summed E-state index contributed by atoms with van der Waals surface area (Å²) in [6.07, 6.45) is -0.0695. The molecule has 0 aromatic heterocycles. The van der Waals surface area contributed by atoms with Gasteiger partial charge in [-0.15, -0.1) is 0 Å². The molecule has 0 bridgehead atoms. The van der Waals surface area contributed by atoms with E-state index in [1.165, 1.54) is 0 Å². The summed E-state index contributed by atoms with van der Waals surface area (Å²) in [7, 11) is 1.40. The number of halogens is 1. The summed E-state index contributed by atoms with van der Waals surface area (Å²) in [4.78, 5) is 0. The molecule has 0 spiro atoms. The van der Waals surface area contributed by atoms with E-state index in [-0.39, 0.29) is 6.54 Å². The van der Waals surface area contributed by atoms with Crippen LogP contribution < -0.4 is 0 Å². The van der Waals surface area contributed by atoms with Crippen LogP contribution in [0.4, 0.5) is 0 Å². The van der Waals surface area contributed by atoms with Crippen LogP contribution >= 0.6 is 10.7 Å². The molecule has 0 aromatic carbocycles. The highest BCUT2D eigenvalue weighted by Crippen LogP contribution is 2.15. The first-order chi connectivity index (χ1) is 4.50. The molecule has 4 nitrogen and oxygen atoms in total. The lowest BCUT2D eigenvalue weighted by Crippen LogP contribution is -2.25. The summed E-state index contributed by atoms with van der Waals surface area (Å²) in [5, 5.41) is 8.90.